The van der Waals surface area contributed by atoms with Gasteiger partial charge in [-0.3, -0.25) is 4.79 Å². The third kappa shape index (κ3) is 5.33. The van der Waals surface area contributed by atoms with Crippen LogP contribution in [-0.4, -0.2) is 30.9 Å². The Kier molecular flexibility index (Phi) is 6.68. The molecule has 0 aliphatic heterocycles. The van der Waals surface area contributed by atoms with E-state index in [0.29, 0.717) is 16.6 Å². The first-order valence-electron chi connectivity index (χ1n) is 9.23. The van der Waals surface area contributed by atoms with Gasteiger partial charge in [-0.1, -0.05) is 45.0 Å². The van der Waals surface area contributed by atoms with Gasteiger partial charge in [-0.2, -0.15) is 0 Å². The first kappa shape index (κ1) is 21.1. The summed E-state index contributed by atoms with van der Waals surface area (Å²) in [6.45, 7) is 0.249. The van der Waals surface area contributed by atoms with Crippen LogP contribution >= 0.6 is 27.7 Å². The second kappa shape index (κ2) is 9.80. The van der Waals surface area contributed by atoms with E-state index in [9.17, 15) is 9.18 Å². The standard InChI is InChI=1S/C21H16BrFN6OS/c22-15-4-8-17(9-5-15)29-18(13-31-21-24-10-1-11-25-21)19(27-28-29)20(30)26-12-14-2-6-16(23)7-3-14/h1-11H,12-13H2,(H,26,30). The molecule has 0 aliphatic rings. The van der Waals surface area contributed by atoms with E-state index < -0.39 is 0 Å². The number of aromatic nitrogens is 5. The zero-order valence-electron chi connectivity index (χ0n) is 16.1. The number of carbonyl (C=O) groups is 1. The van der Waals surface area contributed by atoms with Crippen LogP contribution in [0.4, 0.5) is 4.39 Å². The fraction of sp³-hybridized carbons (Fsp3) is 0.0952. The Morgan fingerprint density at radius 3 is 2.48 bits per heavy atom. The smallest absolute Gasteiger partial charge is 0.274 e. The average molecular weight is 499 g/mol. The van der Waals surface area contributed by atoms with Gasteiger partial charge in [-0.25, -0.2) is 19.0 Å². The van der Waals surface area contributed by atoms with Crippen molar-refractivity contribution in [1.29, 1.82) is 0 Å². The third-order valence-electron chi connectivity index (χ3n) is 4.30. The number of nitrogens with one attached hydrogen (secondary N) is 1. The summed E-state index contributed by atoms with van der Waals surface area (Å²) in [6, 6.07) is 15.2. The maximum absolute atomic E-state index is 13.1. The van der Waals surface area contributed by atoms with Gasteiger partial charge >= 0.3 is 0 Å². The Labute approximate surface area is 190 Å². The van der Waals surface area contributed by atoms with E-state index >= 15 is 0 Å². The number of thioether (sulfide) groups is 1. The normalized spacial score (nSPS) is 10.8. The number of carbonyl (C=O) groups excluding carboxylic acids is 1. The highest BCUT2D eigenvalue weighted by atomic mass is 79.9. The number of hydrogen-bond donors (Lipinski definition) is 1. The minimum Gasteiger partial charge on any atom is -0.347 e. The molecule has 0 unspecified atom stereocenters. The first-order chi connectivity index (χ1) is 15.1. The topological polar surface area (TPSA) is 85.6 Å². The maximum Gasteiger partial charge on any atom is 0.274 e. The molecule has 0 radical (unpaired) electrons. The summed E-state index contributed by atoms with van der Waals surface area (Å²) in [7, 11) is 0. The van der Waals surface area contributed by atoms with Crippen LogP contribution in [0.3, 0.4) is 0 Å². The molecule has 156 valence electrons. The van der Waals surface area contributed by atoms with Crippen LogP contribution in [0.5, 0.6) is 0 Å². The largest absolute Gasteiger partial charge is 0.347 e. The molecular formula is C21H16BrFN6OS. The van der Waals surface area contributed by atoms with Gasteiger partial charge in [0, 0.05) is 29.2 Å². The van der Waals surface area contributed by atoms with Crippen molar-refractivity contribution < 1.29 is 9.18 Å². The zero-order valence-corrected chi connectivity index (χ0v) is 18.5. The quantitative estimate of drug-likeness (QED) is 0.303. The predicted octanol–water partition coefficient (Wildman–Crippen LogP) is 4.18. The molecule has 0 atom stereocenters. The van der Waals surface area contributed by atoms with Crippen molar-refractivity contribution in [2.24, 2.45) is 0 Å². The molecule has 7 nitrogen and oxygen atoms in total. The lowest BCUT2D eigenvalue weighted by Crippen LogP contribution is -2.24. The SMILES string of the molecule is O=C(NCc1ccc(F)cc1)c1nnn(-c2ccc(Br)cc2)c1CSc1ncccn1. The molecule has 0 fully saturated rings. The fourth-order valence-electron chi connectivity index (χ4n) is 2.76. The van der Waals surface area contributed by atoms with E-state index in [2.05, 4.69) is 41.5 Å². The third-order valence-corrected chi connectivity index (χ3v) is 5.71. The molecule has 2 aromatic carbocycles. The highest BCUT2D eigenvalue weighted by Gasteiger charge is 2.21. The van der Waals surface area contributed by atoms with E-state index in [1.165, 1.54) is 23.9 Å². The molecule has 0 aliphatic carbocycles. The summed E-state index contributed by atoms with van der Waals surface area (Å²) in [6.07, 6.45) is 3.33. The van der Waals surface area contributed by atoms with E-state index in [0.717, 1.165) is 15.7 Å². The lowest BCUT2D eigenvalue weighted by Gasteiger charge is -2.09. The number of rotatable bonds is 7. The second-order valence-corrected chi connectivity index (χ2v) is 8.26. The van der Waals surface area contributed by atoms with Gasteiger partial charge < -0.3 is 5.32 Å². The second-order valence-electron chi connectivity index (χ2n) is 6.40. The predicted molar refractivity (Wildman–Crippen MR) is 118 cm³/mol. The molecule has 4 aromatic rings. The van der Waals surface area contributed by atoms with E-state index in [1.807, 2.05) is 24.3 Å². The van der Waals surface area contributed by atoms with Crippen molar-refractivity contribution in [1.82, 2.24) is 30.3 Å². The minimum absolute atomic E-state index is 0.216. The lowest BCUT2D eigenvalue weighted by atomic mass is 10.2. The summed E-state index contributed by atoms with van der Waals surface area (Å²) in [5, 5.41) is 11.7. The lowest BCUT2D eigenvalue weighted by molar-refractivity contribution is 0.0945. The molecular weight excluding hydrogens is 483 g/mol. The molecule has 31 heavy (non-hydrogen) atoms. The molecule has 10 heteroatoms. The van der Waals surface area contributed by atoms with Gasteiger partial charge in [-0.05, 0) is 48.0 Å². The van der Waals surface area contributed by atoms with E-state index in [1.54, 1.807) is 35.3 Å². The summed E-state index contributed by atoms with van der Waals surface area (Å²) < 4.78 is 15.7. The van der Waals surface area contributed by atoms with Crippen molar-refractivity contribution in [3.05, 3.63) is 94.2 Å². The highest BCUT2D eigenvalue weighted by molar-refractivity contribution is 9.10. The van der Waals surface area contributed by atoms with Crippen molar-refractivity contribution in [2.45, 2.75) is 17.5 Å². The fourth-order valence-corrected chi connectivity index (χ4v) is 3.82. The van der Waals surface area contributed by atoms with Crippen LogP contribution in [0.15, 0.2) is 76.6 Å². The van der Waals surface area contributed by atoms with Crippen LogP contribution < -0.4 is 5.32 Å². The Morgan fingerprint density at radius 1 is 1.06 bits per heavy atom. The van der Waals surface area contributed by atoms with Crippen LogP contribution in [0.25, 0.3) is 5.69 Å². The monoisotopic (exact) mass is 498 g/mol. The molecule has 0 saturated heterocycles. The van der Waals surface area contributed by atoms with Gasteiger partial charge in [0.2, 0.25) is 0 Å². The molecule has 2 aromatic heterocycles. The summed E-state index contributed by atoms with van der Waals surface area (Å²) in [4.78, 5) is 21.3. The maximum atomic E-state index is 13.1. The zero-order chi connectivity index (χ0) is 21.6. The molecule has 1 amide bonds. The van der Waals surface area contributed by atoms with Crippen LogP contribution in [-0.2, 0) is 12.3 Å². The van der Waals surface area contributed by atoms with Crippen molar-refractivity contribution in [2.75, 3.05) is 0 Å². The average Bonchev–Trinajstić information content (AvgIpc) is 3.22. The minimum atomic E-state index is -0.364. The van der Waals surface area contributed by atoms with Crippen molar-refractivity contribution in [3.8, 4) is 5.69 Å². The number of hydrogen-bond acceptors (Lipinski definition) is 6. The summed E-state index contributed by atoms with van der Waals surface area (Å²) in [5.74, 6) is -0.293. The molecule has 0 saturated carbocycles. The summed E-state index contributed by atoms with van der Waals surface area (Å²) >= 11 is 4.80. The van der Waals surface area contributed by atoms with Gasteiger partial charge in [-0.15, -0.1) is 5.10 Å². The molecule has 0 bridgehead atoms. The molecule has 1 N–H and O–H groups in total. The Balaban J connectivity index is 1.58. The van der Waals surface area contributed by atoms with Gasteiger partial charge in [0.05, 0.1) is 11.4 Å². The first-order valence-corrected chi connectivity index (χ1v) is 11.0. The Bertz CT molecular complexity index is 1170. The van der Waals surface area contributed by atoms with Crippen LogP contribution in [0.2, 0.25) is 0 Å². The van der Waals surface area contributed by atoms with Crippen molar-refractivity contribution in [3.63, 3.8) is 0 Å². The Morgan fingerprint density at radius 2 is 1.77 bits per heavy atom. The number of nitrogens with zero attached hydrogens (tertiary/aromatic N) is 5. The van der Waals surface area contributed by atoms with Crippen LogP contribution in [0, 0.1) is 5.82 Å². The van der Waals surface area contributed by atoms with Gasteiger partial charge in [0.1, 0.15) is 5.82 Å². The summed E-state index contributed by atoms with van der Waals surface area (Å²) in [5.41, 5.74) is 2.39. The molecule has 0 spiro atoms. The van der Waals surface area contributed by atoms with E-state index in [4.69, 9.17) is 0 Å². The van der Waals surface area contributed by atoms with Crippen LogP contribution in [0.1, 0.15) is 21.7 Å². The van der Waals surface area contributed by atoms with E-state index in [-0.39, 0.29) is 24.0 Å². The van der Waals surface area contributed by atoms with Gasteiger partial charge in [0.25, 0.3) is 5.91 Å². The highest BCUT2D eigenvalue weighted by Crippen LogP contribution is 2.23. The molecule has 4 rings (SSSR count). The number of amides is 1. The molecule has 2 heterocycles. The number of benzene rings is 2. The Hall–Kier alpha value is -3.11. The number of halogens is 2. The van der Waals surface area contributed by atoms with Crippen molar-refractivity contribution >= 4 is 33.6 Å². The van der Waals surface area contributed by atoms with Gasteiger partial charge in [0.15, 0.2) is 10.9 Å².